The second-order valence-corrected chi connectivity index (χ2v) is 9.01. The Morgan fingerprint density at radius 2 is 2.06 bits per heavy atom. The van der Waals surface area contributed by atoms with Crippen LogP contribution in [0.2, 0.25) is 0 Å². The van der Waals surface area contributed by atoms with Crippen molar-refractivity contribution < 1.29 is 14.2 Å². The first-order valence-corrected chi connectivity index (χ1v) is 11.4. The van der Waals surface area contributed by atoms with Gasteiger partial charge >= 0.3 is 0 Å². The van der Waals surface area contributed by atoms with Crippen molar-refractivity contribution in [3.8, 4) is 11.4 Å². The zero-order valence-electron chi connectivity index (χ0n) is 17.8. The van der Waals surface area contributed by atoms with Gasteiger partial charge in [-0.3, -0.25) is 4.79 Å². The highest BCUT2D eigenvalue weighted by atomic mass is 32.1. The summed E-state index contributed by atoms with van der Waals surface area (Å²) in [5.74, 6) is 0.994. The third-order valence-corrected chi connectivity index (χ3v) is 6.77. The largest absolute Gasteiger partial charge is 0.366 e. The number of aromatic nitrogens is 3. The first-order valence-electron chi connectivity index (χ1n) is 10.6. The Morgan fingerprint density at radius 3 is 2.88 bits per heavy atom. The fourth-order valence-corrected chi connectivity index (χ4v) is 5.24. The maximum atomic E-state index is 11.9. The molecule has 0 bridgehead atoms. The molecule has 5 rings (SSSR count). The van der Waals surface area contributed by atoms with Crippen LogP contribution in [0, 0.1) is 6.92 Å². The summed E-state index contributed by atoms with van der Waals surface area (Å²) in [5.41, 5.74) is 9.28. The average Bonchev–Trinajstić information content (AvgIpc) is 2.96. The molecule has 1 aliphatic rings. The number of anilines is 1. The molecule has 2 aromatic carbocycles. The molecule has 0 spiro atoms. The highest BCUT2D eigenvalue weighted by Gasteiger charge is 2.27. The Bertz CT molecular complexity index is 1300. The number of ether oxygens (including phenoxy) is 1. The van der Waals surface area contributed by atoms with Crippen molar-refractivity contribution in [2.75, 3.05) is 11.9 Å². The van der Waals surface area contributed by atoms with Crippen LogP contribution in [0.25, 0.3) is 21.5 Å². The third kappa shape index (κ3) is 3.83. The molecular weight excluding hydrogens is 422 g/mol. The Morgan fingerprint density at radius 1 is 1.22 bits per heavy atom. The van der Waals surface area contributed by atoms with Crippen molar-refractivity contribution in [3.05, 3.63) is 70.2 Å². The number of carbonyl (C=O) groups excluding carboxylic acids is 1. The molecule has 0 saturated carbocycles. The summed E-state index contributed by atoms with van der Waals surface area (Å²) < 4.78 is 8.54. The van der Waals surface area contributed by atoms with Gasteiger partial charge in [-0.15, -0.1) is 11.3 Å². The van der Waals surface area contributed by atoms with E-state index in [1.165, 1.54) is 5.56 Å². The minimum Gasteiger partial charge on any atom is -0.366 e. The van der Waals surface area contributed by atoms with Gasteiger partial charge in [-0.2, -0.15) is 4.98 Å². The van der Waals surface area contributed by atoms with Crippen LogP contribution in [-0.4, -0.2) is 22.6 Å². The zero-order chi connectivity index (χ0) is 22.1. The van der Waals surface area contributed by atoms with Gasteiger partial charge in [0, 0.05) is 38.6 Å². The van der Waals surface area contributed by atoms with Crippen molar-refractivity contribution in [1.82, 2.24) is 10.1 Å². The summed E-state index contributed by atoms with van der Waals surface area (Å²) in [7, 11) is 0. The van der Waals surface area contributed by atoms with E-state index in [-0.39, 0.29) is 0 Å². The lowest BCUT2D eigenvalue weighted by atomic mass is 10.1. The van der Waals surface area contributed by atoms with E-state index >= 15 is 0 Å². The fourth-order valence-electron chi connectivity index (χ4n) is 4.08. The lowest BCUT2D eigenvalue weighted by molar-refractivity contribution is -0.787. The van der Waals surface area contributed by atoms with Gasteiger partial charge in [-0.05, 0) is 25.0 Å². The van der Waals surface area contributed by atoms with E-state index < -0.39 is 5.91 Å². The predicted molar refractivity (Wildman–Crippen MR) is 124 cm³/mol. The number of amides is 1. The van der Waals surface area contributed by atoms with E-state index in [9.17, 15) is 4.79 Å². The van der Waals surface area contributed by atoms with Crippen LogP contribution >= 0.6 is 11.3 Å². The molecule has 0 atom stereocenters. The lowest BCUT2D eigenvalue weighted by Crippen LogP contribution is -2.44. The van der Waals surface area contributed by atoms with Crippen LogP contribution in [0.5, 0.6) is 0 Å². The Balaban J connectivity index is 1.63. The van der Waals surface area contributed by atoms with E-state index in [0.717, 1.165) is 44.9 Å². The van der Waals surface area contributed by atoms with Gasteiger partial charge in [0.2, 0.25) is 11.7 Å². The second-order valence-electron chi connectivity index (χ2n) is 7.79. The second kappa shape index (κ2) is 8.64. The summed E-state index contributed by atoms with van der Waals surface area (Å²) in [6.07, 6.45) is 1.76. The van der Waals surface area contributed by atoms with Crippen molar-refractivity contribution in [2.45, 2.75) is 33.0 Å². The Kier molecular flexibility index (Phi) is 5.55. The van der Waals surface area contributed by atoms with Crippen molar-refractivity contribution in [2.24, 2.45) is 5.73 Å². The molecule has 0 radical (unpaired) electrons. The smallest absolute Gasteiger partial charge is 0.279 e. The molecule has 1 aliphatic heterocycles. The van der Waals surface area contributed by atoms with Crippen molar-refractivity contribution in [1.29, 1.82) is 0 Å². The molecule has 0 fully saturated rings. The van der Waals surface area contributed by atoms with Gasteiger partial charge < -0.3 is 15.8 Å². The van der Waals surface area contributed by atoms with E-state index in [1.807, 2.05) is 41.9 Å². The number of carbonyl (C=O) groups is 1. The van der Waals surface area contributed by atoms with Crippen LogP contribution in [0.1, 0.15) is 32.9 Å². The summed E-state index contributed by atoms with van der Waals surface area (Å²) in [6, 6.07) is 15.9. The normalized spacial score (nSPS) is 13.5. The number of hydrogen-bond acceptors (Lipinski definition) is 6. The molecule has 4 aromatic rings. The first-order chi connectivity index (χ1) is 15.6. The molecule has 8 heteroatoms. The number of hydrogen-bond donors (Lipinski definition) is 2. The van der Waals surface area contributed by atoms with Crippen LogP contribution in [0.15, 0.2) is 48.5 Å². The molecule has 0 unspecified atom stereocenters. The van der Waals surface area contributed by atoms with E-state index in [2.05, 4.69) is 17.4 Å². The maximum absolute atomic E-state index is 11.9. The van der Waals surface area contributed by atoms with E-state index in [4.69, 9.17) is 20.6 Å². The SMILES string of the molecule is Cc1sc2c(C(N)=O)cccc2c1-c1nc(NCc2ccccc2)c2[n+](n1)COCCC2. The van der Waals surface area contributed by atoms with Crippen molar-refractivity contribution in [3.63, 3.8) is 0 Å². The van der Waals surface area contributed by atoms with Gasteiger partial charge in [0.25, 0.3) is 12.4 Å². The summed E-state index contributed by atoms with van der Waals surface area (Å²) >= 11 is 1.54. The standard InChI is InChI=1S/C24H23N5O2S/c1-15-20(17-9-5-10-18(22(25)30)21(17)32-15)24-27-23(26-13-16-7-3-2-4-8-16)19-11-6-12-31-14-29(19)28-24/h2-5,7-10H,6,11-14H2,1H3,(H2-,25,26,27,28,30)/p+1. The maximum Gasteiger partial charge on any atom is 0.279 e. The predicted octanol–water partition coefficient (Wildman–Crippen LogP) is 3.59. The number of rotatable bonds is 5. The number of nitrogens with two attached hydrogens (primary N) is 1. The summed E-state index contributed by atoms with van der Waals surface area (Å²) in [4.78, 5) is 17.9. The number of fused-ring (bicyclic) bond motifs is 2. The minimum atomic E-state index is -0.431. The van der Waals surface area contributed by atoms with Crippen LogP contribution in [-0.2, 0) is 24.4 Å². The molecule has 162 valence electrons. The Hall–Kier alpha value is -3.36. The molecule has 0 aliphatic carbocycles. The van der Waals surface area contributed by atoms with Crippen molar-refractivity contribution >= 4 is 33.1 Å². The number of thiophene rings is 1. The molecule has 2 aromatic heterocycles. The number of aryl methyl sites for hydroxylation is 1. The number of primary amides is 1. The minimum absolute atomic E-state index is 0.387. The van der Waals surface area contributed by atoms with Gasteiger partial charge in [0.15, 0.2) is 5.82 Å². The third-order valence-electron chi connectivity index (χ3n) is 5.62. The molecule has 1 amide bonds. The fraction of sp³-hybridized carbons (Fsp3) is 0.250. The van der Waals surface area contributed by atoms with Crippen LogP contribution < -0.4 is 15.7 Å². The number of nitrogens with one attached hydrogen (secondary N) is 1. The van der Waals surface area contributed by atoms with Gasteiger partial charge in [0.05, 0.1) is 12.2 Å². The van der Waals surface area contributed by atoms with E-state index in [0.29, 0.717) is 31.3 Å². The highest BCUT2D eigenvalue weighted by molar-refractivity contribution is 7.20. The lowest BCUT2D eigenvalue weighted by Gasteiger charge is -2.10. The molecule has 3 heterocycles. The monoisotopic (exact) mass is 446 g/mol. The van der Waals surface area contributed by atoms with Crippen LogP contribution in [0.3, 0.4) is 0 Å². The van der Waals surface area contributed by atoms with Gasteiger partial charge in [-0.25, -0.2) is 0 Å². The van der Waals surface area contributed by atoms with Crippen LogP contribution in [0.4, 0.5) is 5.82 Å². The molecule has 32 heavy (non-hydrogen) atoms. The van der Waals surface area contributed by atoms with E-state index in [1.54, 1.807) is 17.4 Å². The average molecular weight is 447 g/mol. The number of nitrogens with zero attached hydrogens (tertiary/aromatic N) is 3. The molecule has 3 N–H and O–H groups in total. The van der Waals surface area contributed by atoms with Gasteiger partial charge in [-0.1, -0.05) is 47.1 Å². The van der Waals surface area contributed by atoms with Gasteiger partial charge in [0.1, 0.15) is 0 Å². The highest BCUT2D eigenvalue weighted by Crippen LogP contribution is 2.38. The quantitative estimate of drug-likeness (QED) is 0.457. The molecule has 0 saturated heterocycles. The summed E-state index contributed by atoms with van der Waals surface area (Å²) in [5, 5.41) is 9.30. The Labute approximate surface area is 189 Å². The zero-order valence-corrected chi connectivity index (χ0v) is 18.6. The first kappa shape index (κ1) is 20.5. The molecular formula is C24H24N5O2S+. The number of benzene rings is 2. The topological polar surface area (TPSA) is 94.0 Å². The summed E-state index contributed by atoms with van der Waals surface area (Å²) in [6.45, 7) is 3.77. The molecule has 7 nitrogen and oxygen atoms in total.